The van der Waals surface area contributed by atoms with E-state index in [0.29, 0.717) is 33.7 Å². The summed E-state index contributed by atoms with van der Waals surface area (Å²) in [5.74, 6) is 0.566. The monoisotopic (exact) mass is 509 g/mol. The molecule has 0 unspecified atom stereocenters. The zero-order valence-corrected chi connectivity index (χ0v) is 20.8. The third-order valence-corrected chi connectivity index (χ3v) is 6.13. The van der Waals surface area contributed by atoms with Gasteiger partial charge in [0.25, 0.3) is 11.6 Å². The average molecular weight is 510 g/mol. The molecule has 5 rings (SSSR count). The lowest BCUT2D eigenvalue weighted by atomic mass is 10.0. The fraction of sp³-hybridized carbons (Fsp3) is 0.107. The number of non-ortho nitro benzene ring substituents is 1. The van der Waals surface area contributed by atoms with Gasteiger partial charge in [-0.25, -0.2) is 4.98 Å². The average Bonchev–Trinajstić information content (AvgIpc) is 3.25. The lowest BCUT2D eigenvalue weighted by molar-refractivity contribution is -0.384. The number of carbonyl (C=O) groups is 1. The van der Waals surface area contributed by atoms with Crippen molar-refractivity contribution in [3.63, 3.8) is 0 Å². The molecule has 38 heavy (non-hydrogen) atoms. The second kappa shape index (κ2) is 10.0. The minimum Gasteiger partial charge on any atom is -0.493 e. The van der Waals surface area contributed by atoms with E-state index in [9.17, 15) is 14.9 Å². The number of nitrogens with zero attached hydrogens (tertiary/aromatic N) is 4. The fourth-order valence-electron chi connectivity index (χ4n) is 4.10. The van der Waals surface area contributed by atoms with Crippen LogP contribution in [0, 0.1) is 17.0 Å². The number of carbonyl (C=O) groups excluding carboxylic acids is 1. The summed E-state index contributed by atoms with van der Waals surface area (Å²) in [6, 6.07) is 20.0. The molecule has 0 bridgehead atoms. The largest absolute Gasteiger partial charge is 0.493 e. The quantitative estimate of drug-likeness (QED) is 0.214. The van der Waals surface area contributed by atoms with Crippen molar-refractivity contribution >= 4 is 28.2 Å². The fourth-order valence-corrected chi connectivity index (χ4v) is 4.10. The smallest absolute Gasteiger partial charge is 0.275 e. The maximum absolute atomic E-state index is 13.6. The Morgan fingerprint density at radius 1 is 1.03 bits per heavy atom. The molecule has 10 heteroatoms. The van der Waals surface area contributed by atoms with Crippen molar-refractivity contribution in [2.24, 2.45) is 7.05 Å². The van der Waals surface area contributed by atoms with Gasteiger partial charge in [-0.1, -0.05) is 30.3 Å². The van der Waals surface area contributed by atoms with Crippen LogP contribution in [0.5, 0.6) is 17.2 Å². The van der Waals surface area contributed by atoms with Crippen LogP contribution in [0.15, 0.2) is 79.0 Å². The number of nitrogens with one attached hydrogen (secondary N) is 1. The number of ether oxygens (including phenoxy) is 2. The van der Waals surface area contributed by atoms with Crippen LogP contribution in [-0.2, 0) is 7.05 Å². The first-order valence-electron chi connectivity index (χ1n) is 11.6. The van der Waals surface area contributed by atoms with Crippen molar-refractivity contribution in [3.8, 4) is 28.5 Å². The van der Waals surface area contributed by atoms with Gasteiger partial charge in [-0.05, 0) is 31.2 Å². The molecule has 1 amide bonds. The van der Waals surface area contributed by atoms with Gasteiger partial charge >= 0.3 is 0 Å². The first-order chi connectivity index (χ1) is 18.3. The number of methoxy groups -OCH3 is 1. The molecule has 0 saturated carbocycles. The van der Waals surface area contributed by atoms with Gasteiger partial charge in [0.15, 0.2) is 11.5 Å². The van der Waals surface area contributed by atoms with Gasteiger partial charge in [0.05, 0.1) is 46.8 Å². The highest BCUT2D eigenvalue weighted by molar-refractivity contribution is 6.13. The predicted octanol–water partition coefficient (Wildman–Crippen LogP) is 5.91. The van der Waals surface area contributed by atoms with E-state index in [1.54, 1.807) is 47.3 Å². The number of fused-ring (bicyclic) bond motifs is 1. The molecule has 0 aliphatic rings. The number of aromatic nitrogens is 3. The molecule has 2 heterocycles. The van der Waals surface area contributed by atoms with Crippen LogP contribution in [0.3, 0.4) is 0 Å². The number of anilines is 1. The van der Waals surface area contributed by atoms with Gasteiger partial charge in [0.2, 0.25) is 0 Å². The number of aryl methyl sites for hydroxylation is 1. The van der Waals surface area contributed by atoms with Crippen LogP contribution in [0.1, 0.15) is 16.1 Å². The van der Waals surface area contributed by atoms with Gasteiger partial charge in [0.1, 0.15) is 5.75 Å². The van der Waals surface area contributed by atoms with Crippen molar-refractivity contribution in [3.05, 3.63) is 100 Å². The molecule has 0 radical (unpaired) electrons. The van der Waals surface area contributed by atoms with Crippen molar-refractivity contribution < 1.29 is 19.2 Å². The molecule has 1 N–H and O–H groups in total. The van der Waals surface area contributed by atoms with E-state index in [2.05, 4.69) is 10.4 Å². The highest BCUT2D eigenvalue weighted by Gasteiger charge is 2.19. The summed E-state index contributed by atoms with van der Waals surface area (Å²) in [4.78, 5) is 29.4. The lowest BCUT2D eigenvalue weighted by Gasteiger charge is -2.13. The topological polar surface area (TPSA) is 121 Å². The first kappa shape index (κ1) is 24.4. The van der Waals surface area contributed by atoms with Crippen LogP contribution >= 0.6 is 0 Å². The summed E-state index contributed by atoms with van der Waals surface area (Å²) in [6.45, 7) is 1.92. The van der Waals surface area contributed by atoms with E-state index in [-0.39, 0.29) is 17.1 Å². The van der Waals surface area contributed by atoms with Gasteiger partial charge < -0.3 is 14.8 Å². The molecule has 0 aliphatic carbocycles. The number of para-hydroxylation sites is 3. The second-order valence-electron chi connectivity index (χ2n) is 8.52. The molecule has 0 saturated heterocycles. The van der Waals surface area contributed by atoms with E-state index < -0.39 is 10.8 Å². The molecule has 2 aromatic heterocycles. The number of hydrogen-bond donors (Lipinski definition) is 1. The number of nitro groups is 1. The summed E-state index contributed by atoms with van der Waals surface area (Å²) >= 11 is 0. The van der Waals surface area contributed by atoms with Crippen LogP contribution < -0.4 is 14.8 Å². The van der Waals surface area contributed by atoms with Crippen LogP contribution in [0.2, 0.25) is 0 Å². The van der Waals surface area contributed by atoms with Gasteiger partial charge in [-0.2, -0.15) is 5.10 Å². The number of pyridine rings is 1. The Labute approximate surface area is 217 Å². The molecule has 190 valence electrons. The number of nitro benzene ring substituents is 1. The molecule has 10 nitrogen and oxygen atoms in total. The summed E-state index contributed by atoms with van der Waals surface area (Å²) in [5.41, 5.74) is 3.27. The summed E-state index contributed by atoms with van der Waals surface area (Å²) < 4.78 is 12.9. The summed E-state index contributed by atoms with van der Waals surface area (Å²) in [6.07, 6.45) is 1.70. The second-order valence-corrected chi connectivity index (χ2v) is 8.52. The maximum atomic E-state index is 13.6. The number of hydrogen-bond acceptors (Lipinski definition) is 7. The zero-order chi connectivity index (χ0) is 26.8. The Balaban J connectivity index is 1.54. The van der Waals surface area contributed by atoms with Crippen LogP contribution in [0.25, 0.3) is 22.2 Å². The van der Waals surface area contributed by atoms with Gasteiger partial charge in [-0.15, -0.1) is 0 Å². The van der Waals surface area contributed by atoms with Crippen molar-refractivity contribution in [1.29, 1.82) is 0 Å². The normalized spacial score (nSPS) is 10.8. The van der Waals surface area contributed by atoms with E-state index in [4.69, 9.17) is 14.5 Å². The van der Waals surface area contributed by atoms with Crippen molar-refractivity contribution in [2.75, 3.05) is 12.4 Å². The molecule has 0 atom stereocenters. The number of benzene rings is 3. The van der Waals surface area contributed by atoms with Crippen molar-refractivity contribution in [1.82, 2.24) is 14.8 Å². The molecule has 5 aromatic rings. The summed E-state index contributed by atoms with van der Waals surface area (Å²) in [7, 11) is 3.34. The number of rotatable bonds is 7. The SMILES string of the molecule is COc1ccccc1Oc1cc(NC(=O)c2cc(-c3cnn(C)c3C)nc3ccccc23)cc([N+](=O)[O-])c1. The predicted molar refractivity (Wildman–Crippen MR) is 143 cm³/mol. The standard InChI is InChI=1S/C28H23N5O5/c1-17-23(16-29-32(17)2)25-15-22(21-8-4-5-9-24(21)31-25)28(34)30-18-12-19(33(35)36)14-20(13-18)38-27-11-7-6-10-26(27)37-3/h4-16H,1-3H3,(H,30,34). The molecule has 0 fully saturated rings. The first-order valence-corrected chi connectivity index (χ1v) is 11.6. The molecule has 0 aliphatic heterocycles. The third kappa shape index (κ3) is 4.74. The molecular formula is C28H23N5O5. The van der Waals surface area contributed by atoms with Gasteiger partial charge in [0, 0.05) is 35.8 Å². The minimum absolute atomic E-state index is 0.172. The van der Waals surface area contributed by atoms with Crippen LogP contribution in [-0.4, -0.2) is 32.7 Å². The summed E-state index contributed by atoms with van der Waals surface area (Å²) in [5, 5.41) is 19.4. The van der Waals surface area contributed by atoms with E-state index in [1.165, 1.54) is 25.3 Å². The maximum Gasteiger partial charge on any atom is 0.275 e. The van der Waals surface area contributed by atoms with Gasteiger partial charge in [-0.3, -0.25) is 19.6 Å². The Morgan fingerprint density at radius 3 is 2.47 bits per heavy atom. The molecule has 0 spiro atoms. The molecular weight excluding hydrogens is 486 g/mol. The molecule has 3 aromatic carbocycles. The van der Waals surface area contributed by atoms with E-state index in [0.717, 1.165) is 11.3 Å². The highest BCUT2D eigenvalue weighted by atomic mass is 16.6. The Hall–Kier alpha value is -5.25. The Morgan fingerprint density at radius 2 is 1.76 bits per heavy atom. The third-order valence-electron chi connectivity index (χ3n) is 6.13. The van der Waals surface area contributed by atoms with Crippen molar-refractivity contribution in [2.45, 2.75) is 6.92 Å². The van der Waals surface area contributed by atoms with E-state index >= 15 is 0 Å². The Bertz CT molecular complexity index is 1690. The van der Waals surface area contributed by atoms with E-state index in [1.807, 2.05) is 32.2 Å². The van der Waals surface area contributed by atoms with Crippen LogP contribution in [0.4, 0.5) is 11.4 Å². The highest BCUT2D eigenvalue weighted by Crippen LogP contribution is 2.35. The minimum atomic E-state index is -0.546. The number of amides is 1. The Kier molecular flexibility index (Phi) is 6.44. The lowest BCUT2D eigenvalue weighted by Crippen LogP contribution is -2.13. The zero-order valence-electron chi connectivity index (χ0n) is 20.8.